The molecule has 0 saturated carbocycles. The van der Waals surface area contributed by atoms with Crippen molar-refractivity contribution in [2.45, 2.75) is 78.6 Å². The van der Waals surface area contributed by atoms with Gasteiger partial charge < -0.3 is 9.55 Å². The SMILES string of the molecule is CC(C)(C)c1ccc2[nH]c3cc(-n4c5ccc(C(C)(C)C)cc5c5cc(C(C)(C)C)ccc54)ccc3c2c1. The summed E-state index contributed by atoms with van der Waals surface area (Å²) in [6.07, 6.45) is 0. The molecule has 6 aromatic rings. The van der Waals surface area contributed by atoms with Gasteiger partial charge in [0.1, 0.15) is 0 Å². The Bertz CT molecular complexity index is 1780. The van der Waals surface area contributed by atoms with Crippen molar-refractivity contribution in [3.63, 3.8) is 0 Å². The average molecular weight is 501 g/mol. The van der Waals surface area contributed by atoms with Crippen LogP contribution in [0.15, 0.2) is 72.8 Å². The van der Waals surface area contributed by atoms with Gasteiger partial charge in [0.15, 0.2) is 0 Å². The number of H-pyrrole nitrogens is 1. The normalized spacial score (nSPS) is 13.4. The van der Waals surface area contributed by atoms with Gasteiger partial charge in [0.2, 0.25) is 0 Å². The van der Waals surface area contributed by atoms with Gasteiger partial charge in [0.25, 0.3) is 0 Å². The van der Waals surface area contributed by atoms with Crippen LogP contribution in [0.25, 0.3) is 49.3 Å². The molecule has 0 atom stereocenters. The topological polar surface area (TPSA) is 20.7 Å². The number of rotatable bonds is 1. The summed E-state index contributed by atoms with van der Waals surface area (Å²) < 4.78 is 2.44. The fraction of sp³-hybridized carbons (Fsp3) is 0.333. The predicted octanol–water partition coefficient (Wildman–Crippen LogP) is 10.3. The number of nitrogens with one attached hydrogen (secondary N) is 1. The predicted molar refractivity (Wildman–Crippen MR) is 166 cm³/mol. The zero-order chi connectivity index (χ0) is 27.2. The Balaban J connectivity index is 1.63. The van der Waals surface area contributed by atoms with E-state index in [1.54, 1.807) is 0 Å². The minimum atomic E-state index is 0.0967. The summed E-state index contributed by atoms with van der Waals surface area (Å²) in [5.74, 6) is 0. The van der Waals surface area contributed by atoms with Crippen LogP contribution in [0.5, 0.6) is 0 Å². The first-order valence-electron chi connectivity index (χ1n) is 13.9. The van der Waals surface area contributed by atoms with Gasteiger partial charge in [-0.15, -0.1) is 0 Å². The first-order chi connectivity index (χ1) is 17.7. The van der Waals surface area contributed by atoms with E-state index >= 15 is 0 Å². The second kappa shape index (κ2) is 7.99. The highest BCUT2D eigenvalue weighted by atomic mass is 15.0. The van der Waals surface area contributed by atoms with Crippen molar-refractivity contribution < 1.29 is 0 Å². The third-order valence-electron chi connectivity index (χ3n) is 8.20. The molecule has 2 aromatic heterocycles. The number of fused-ring (bicyclic) bond motifs is 6. The lowest BCUT2D eigenvalue weighted by Crippen LogP contribution is -2.10. The Morgan fingerprint density at radius 3 is 1.42 bits per heavy atom. The van der Waals surface area contributed by atoms with Crippen LogP contribution in [0.1, 0.15) is 79.0 Å². The molecular formula is C36H40N2. The van der Waals surface area contributed by atoms with Crippen molar-refractivity contribution in [2.75, 3.05) is 0 Å². The zero-order valence-electron chi connectivity index (χ0n) is 24.4. The van der Waals surface area contributed by atoms with E-state index in [-0.39, 0.29) is 16.2 Å². The summed E-state index contributed by atoms with van der Waals surface area (Å²) in [4.78, 5) is 3.70. The van der Waals surface area contributed by atoms with Gasteiger partial charge in [0.05, 0.1) is 11.0 Å². The molecule has 4 aromatic carbocycles. The summed E-state index contributed by atoms with van der Waals surface area (Å²) in [7, 11) is 0. The maximum Gasteiger partial charge on any atom is 0.0541 e. The lowest BCUT2D eigenvalue weighted by atomic mass is 9.85. The Morgan fingerprint density at radius 1 is 0.447 bits per heavy atom. The molecule has 0 spiro atoms. The summed E-state index contributed by atoms with van der Waals surface area (Å²) in [5, 5.41) is 5.22. The van der Waals surface area contributed by atoms with Crippen LogP contribution in [-0.4, -0.2) is 9.55 Å². The molecule has 0 fully saturated rings. The first kappa shape index (κ1) is 24.8. The molecule has 0 aliphatic rings. The molecule has 2 heterocycles. The highest BCUT2D eigenvalue weighted by Gasteiger charge is 2.21. The molecule has 6 rings (SSSR count). The molecule has 194 valence electrons. The Morgan fingerprint density at radius 2 is 0.921 bits per heavy atom. The van der Waals surface area contributed by atoms with Crippen LogP contribution >= 0.6 is 0 Å². The highest BCUT2D eigenvalue weighted by molar-refractivity contribution is 6.11. The monoisotopic (exact) mass is 500 g/mol. The highest BCUT2D eigenvalue weighted by Crippen LogP contribution is 2.39. The number of nitrogens with zero attached hydrogens (tertiary/aromatic N) is 1. The Kier molecular flexibility index (Phi) is 5.21. The quantitative estimate of drug-likeness (QED) is 0.232. The van der Waals surface area contributed by atoms with Gasteiger partial charge in [-0.05, 0) is 81.5 Å². The molecule has 0 radical (unpaired) electrons. The Labute approximate surface area is 226 Å². The second-order valence-corrected chi connectivity index (χ2v) is 14.2. The smallest absolute Gasteiger partial charge is 0.0541 e. The number of aromatic nitrogens is 2. The lowest BCUT2D eigenvalue weighted by molar-refractivity contribution is 0.590. The van der Waals surface area contributed by atoms with Crippen molar-refractivity contribution in [1.29, 1.82) is 0 Å². The van der Waals surface area contributed by atoms with Crippen LogP contribution < -0.4 is 0 Å². The molecule has 2 nitrogen and oxygen atoms in total. The van der Waals surface area contributed by atoms with E-state index in [1.807, 2.05) is 0 Å². The first-order valence-corrected chi connectivity index (χ1v) is 13.9. The maximum atomic E-state index is 3.70. The van der Waals surface area contributed by atoms with Gasteiger partial charge in [-0.25, -0.2) is 0 Å². The van der Waals surface area contributed by atoms with Crippen LogP contribution in [-0.2, 0) is 16.2 Å². The molecular weight excluding hydrogens is 460 g/mol. The van der Waals surface area contributed by atoms with Gasteiger partial charge in [-0.1, -0.05) is 86.6 Å². The maximum absolute atomic E-state index is 3.70. The fourth-order valence-electron chi connectivity index (χ4n) is 5.73. The minimum Gasteiger partial charge on any atom is -0.354 e. The second-order valence-electron chi connectivity index (χ2n) is 14.2. The summed E-state index contributed by atoms with van der Waals surface area (Å²) in [6, 6.07) is 27.8. The van der Waals surface area contributed by atoms with E-state index < -0.39 is 0 Å². The molecule has 1 N–H and O–H groups in total. The number of hydrogen-bond acceptors (Lipinski definition) is 0. The minimum absolute atomic E-state index is 0.0967. The number of aromatic amines is 1. The van der Waals surface area contributed by atoms with Crippen molar-refractivity contribution in [3.05, 3.63) is 89.5 Å². The molecule has 0 amide bonds. The number of benzene rings is 4. The van der Waals surface area contributed by atoms with Crippen LogP contribution in [0, 0.1) is 0 Å². The fourth-order valence-corrected chi connectivity index (χ4v) is 5.73. The lowest BCUT2D eigenvalue weighted by Gasteiger charge is -2.19. The van der Waals surface area contributed by atoms with Crippen molar-refractivity contribution in [3.8, 4) is 5.69 Å². The van der Waals surface area contributed by atoms with Crippen molar-refractivity contribution >= 4 is 43.6 Å². The molecule has 38 heavy (non-hydrogen) atoms. The zero-order valence-corrected chi connectivity index (χ0v) is 24.4. The largest absolute Gasteiger partial charge is 0.354 e. The summed E-state index contributed by atoms with van der Waals surface area (Å²) in [5.41, 5.74) is 10.5. The van der Waals surface area contributed by atoms with E-state index in [9.17, 15) is 0 Å². The van der Waals surface area contributed by atoms with Gasteiger partial charge in [-0.2, -0.15) is 0 Å². The van der Waals surface area contributed by atoms with E-state index in [1.165, 1.54) is 66.0 Å². The van der Waals surface area contributed by atoms with Gasteiger partial charge in [0, 0.05) is 38.3 Å². The summed E-state index contributed by atoms with van der Waals surface area (Å²) in [6.45, 7) is 20.6. The van der Waals surface area contributed by atoms with Crippen LogP contribution in [0.4, 0.5) is 0 Å². The van der Waals surface area contributed by atoms with Gasteiger partial charge >= 0.3 is 0 Å². The molecule has 0 aliphatic carbocycles. The summed E-state index contributed by atoms with van der Waals surface area (Å²) >= 11 is 0. The van der Waals surface area contributed by atoms with E-state index in [4.69, 9.17) is 0 Å². The third kappa shape index (κ3) is 3.93. The van der Waals surface area contributed by atoms with Crippen molar-refractivity contribution in [1.82, 2.24) is 9.55 Å². The van der Waals surface area contributed by atoms with Crippen LogP contribution in [0.2, 0.25) is 0 Å². The van der Waals surface area contributed by atoms with Crippen LogP contribution in [0.3, 0.4) is 0 Å². The van der Waals surface area contributed by atoms with E-state index in [0.29, 0.717) is 0 Å². The van der Waals surface area contributed by atoms with E-state index in [2.05, 4.69) is 145 Å². The molecule has 0 saturated heterocycles. The van der Waals surface area contributed by atoms with Gasteiger partial charge in [-0.3, -0.25) is 0 Å². The molecule has 0 unspecified atom stereocenters. The molecule has 2 heteroatoms. The third-order valence-corrected chi connectivity index (χ3v) is 8.20. The molecule has 0 aliphatic heterocycles. The standard InChI is InChI=1S/C36H40N2/c1-34(2,3)22-10-15-30-27(18-22)26-14-13-25(21-31(26)37-30)38-32-16-11-23(35(4,5)6)19-28(32)29-20-24(36(7,8)9)12-17-33(29)38/h10-21,37H,1-9H3. The number of hydrogen-bond donors (Lipinski definition) is 1. The van der Waals surface area contributed by atoms with E-state index in [0.717, 1.165) is 0 Å². The Hall–Kier alpha value is -3.52. The van der Waals surface area contributed by atoms with Crippen molar-refractivity contribution in [2.24, 2.45) is 0 Å². The molecule has 0 bridgehead atoms. The average Bonchev–Trinajstić information content (AvgIpc) is 3.36.